The summed E-state index contributed by atoms with van der Waals surface area (Å²) in [6.07, 6.45) is 5.78. The van der Waals surface area contributed by atoms with Gasteiger partial charge in [0.05, 0.1) is 11.4 Å². The molecule has 30 heavy (non-hydrogen) atoms. The Balaban J connectivity index is 1.38. The average Bonchev–Trinajstić information content (AvgIpc) is 3.48. The lowest BCUT2D eigenvalue weighted by Crippen LogP contribution is -2.13. The number of thiophene rings is 1. The van der Waals surface area contributed by atoms with Crippen molar-refractivity contribution in [1.29, 1.82) is 0 Å². The van der Waals surface area contributed by atoms with Gasteiger partial charge in [0.2, 0.25) is 0 Å². The summed E-state index contributed by atoms with van der Waals surface area (Å²) in [4.78, 5) is 26.1. The Morgan fingerprint density at radius 1 is 1.03 bits per heavy atom. The van der Waals surface area contributed by atoms with E-state index in [0.29, 0.717) is 29.1 Å². The number of nitrogens with two attached hydrogens (primary N) is 1. The van der Waals surface area contributed by atoms with Crippen molar-refractivity contribution in [2.75, 3.05) is 11.1 Å². The predicted octanol–water partition coefficient (Wildman–Crippen LogP) is 5.94. The highest BCUT2D eigenvalue weighted by Gasteiger charge is 2.22. The zero-order chi connectivity index (χ0) is 20.9. The predicted molar refractivity (Wildman–Crippen MR) is 124 cm³/mol. The van der Waals surface area contributed by atoms with Crippen molar-refractivity contribution in [2.45, 2.75) is 38.5 Å². The standard InChI is InChI=1S/C25H26N2O2S/c26-21-13-12-20(24-6-3-15-30-24)16-22(21)27-25(29)19-10-7-17(8-11-19)9-14-23(28)18-4-1-2-5-18/h3,6-8,10-13,15-16,18H,1-2,4-5,9,14,26H2,(H,27,29). The van der Waals surface area contributed by atoms with Crippen molar-refractivity contribution < 1.29 is 9.59 Å². The molecule has 1 fully saturated rings. The molecule has 1 heterocycles. The number of hydrogen-bond donors (Lipinski definition) is 2. The molecule has 5 heteroatoms. The molecule has 1 amide bonds. The van der Waals surface area contributed by atoms with Gasteiger partial charge in [0, 0.05) is 22.8 Å². The Bertz CT molecular complexity index is 1020. The third-order valence-electron chi connectivity index (χ3n) is 5.79. The van der Waals surface area contributed by atoms with Gasteiger partial charge in [-0.25, -0.2) is 0 Å². The number of nitrogen functional groups attached to an aromatic ring is 1. The molecule has 0 aliphatic heterocycles. The summed E-state index contributed by atoms with van der Waals surface area (Å²) < 4.78 is 0. The molecule has 4 rings (SSSR count). The molecule has 3 aromatic rings. The van der Waals surface area contributed by atoms with E-state index >= 15 is 0 Å². The first kappa shape index (κ1) is 20.4. The largest absolute Gasteiger partial charge is 0.397 e. The van der Waals surface area contributed by atoms with Gasteiger partial charge in [0.1, 0.15) is 5.78 Å². The number of anilines is 2. The number of Topliss-reactive ketones (excluding diaryl/α,β-unsaturated/α-hetero) is 1. The van der Waals surface area contributed by atoms with Crippen LogP contribution >= 0.6 is 11.3 Å². The highest BCUT2D eigenvalue weighted by atomic mass is 32.1. The van der Waals surface area contributed by atoms with Crippen molar-refractivity contribution in [3.8, 4) is 10.4 Å². The van der Waals surface area contributed by atoms with Crippen LogP contribution in [0.5, 0.6) is 0 Å². The molecule has 4 nitrogen and oxygen atoms in total. The Labute approximate surface area is 181 Å². The monoisotopic (exact) mass is 418 g/mol. The maximum atomic E-state index is 12.7. The van der Waals surface area contributed by atoms with Crippen LogP contribution in [0.1, 0.15) is 48.0 Å². The Kier molecular flexibility index (Phi) is 6.29. The van der Waals surface area contributed by atoms with Gasteiger partial charge in [-0.2, -0.15) is 0 Å². The fourth-order valence-corrected chi connectivity index (χ4v) is 4.72. The van der Waals surface area contributed by atoms with Gasteiger partial charge in [-0.15, -0.1) is 11.3 Å². The van der Waals surface area contributed by atoms with E-state index < -0.39 is 0 Å². The Morgan fingerprint density at radius 3 is 2.50 bits per heavy atom. The summed E-state index contributed by atoms with van der Waals surface area (Å²) in [7, 11) is 0. The molecule has 154 valence electrons. The summed E-state index contributed by atoms with van der Waals surface area (Å²) in [5.74, 6) is 0.458. The topological polar surface area (TPSA) is 72.2 Å². The lowest BCUT2D eigenvalue weighted by Gasteiger charge is -2.11. The Morgan fingerprint density at radius 2 is 1.80 bits per heavy atom. The fourth-order valence-electron chi connectivity index (χ4n) is 4.00. The van der Waals surface area contributed by atoms with Crippen molar-refractivity contribution >= 4 is 34.4 Å². The maximum Gasteiger partial charge on any atom is 0.255 e. The number of amides is 1. The van der Waals surface area contributed by atoms with Crippen LogP contribution in [0.4, 0.5) is 11.4 Å². The van der Waals surface area contributed by atoms with E-state index in [1.54, 1.807) is 11.3 Å². The van der Waals surface area contributed by atoms with Gasteiger partial charge in [-0.1, -0.05) is 37.1 Å². The lowest BCUT2D eigenvalue weighted by atomic mass is 9.96. The zero-order valence-electron chi connectivity index (χ0n) is 16.9. The fraction of sp³-hybridized carbons (Fsp3) is 0.280. The normalized spacial score (nSPS) is 14.0. The summed E-state index contributed by atoms with van der Waals surface area (Å²) in [6.45, 7) is 0. The van der Waals surface area contributed by atoms with Crippen LogP contribution in [0.15, 0.2) is 60.0 Å². The number of carbonyl (C=O) groups excluding carboxylic acids is 2. The zero-order valence-corrected chi connectivity index (χ0v) is 17.7. The average molecular weight is 419 g/mol. The van der Waals surface area contributed by atoms with Gasteiger partial charge < -0.3 is 11.1 Å². The molecule has 0 atom stereocenters. The number of carbonyl (C=O) groups is 2. The first-order valence-corrected chi connectivity index (χ1v) is 11.3. The molecule has 1 saturated carbocycles. The molecule has 0 saturated heterocycles. The first-order chi connectivity index (χ1) is 14.6. The summed E-state index contributed by atoms with van der Waals surface area (Å²) in [5.41, 5.74) is 9.89. The Hall–Kier alpha value is -2.92. The first-order valence-electron chi connectivity index (χ1n) is 10.5. The van der Waals surface area contributed by atoms with Crippen LogP contribution in [0.2, 0.25) is 0 Å². The van der Waals surface area contributed by atoms with Gasteiger partial charge >= 0.3 is 0 Å². The minimum absolute atomic E-state index is 0.196. The summed E-state index contributed by atoms with van der Waals surface area (Å²) in [6, 6.07) is 17.2. The van der Waals surface area contributed by atoms with Gasteiger partial charge in [-0.05, 0) is 66.1 Å². The quantitative estimate of drug-likeness (QED) is 0.466. The SMILES string of the molecule is Nc1ccc(-c2cccs2)cc1NC(=O)c1ccc(CCC(=O)C2CCCC2)cc1. The van der Waals surface area contributed by atoms with Crippen molar-refractivity contribution in [1.82, 2.24) is 0 Å². The van der Waals surface area contributed by atoms with E-state index in [1.807, 2.05) is 60.0 Å². The molecule has 1 aliphatic carbocycles. The van der Waals surface area contributed by atoms with Gasteiger partial charge in [0.25, 0.3) is 5.91 Å². The molecule has 1 aliphatic rings. The second-order valence-corrected chi connectivity index (χ2v) is 8.83. The van der Waals surface area contributed by atoms with E-state index in [0.717, 1.165) is 35.3 Å². The minimum Gasteiger partial charge on any atom is -0.397 e. The maximum absolute atomic E-state index is 12.7. The summed E-state index contributed by atoms with van der Waals surface area (Å²) in [5, 5.41) is 4.94. The van der Waals surface area contributed by atoms with E-state index in [9.17, 15) is 9.59 Å². The van der Waals surface area contributed by atoms with Crippen molar-refractivity contribution in [2.24, 2.45) is 5.92 Å². The van der Waals surface area contributed by atoms with Crippen LogP contribution in [0.25, 0.3) is 10.4 Å². The van der Waals surface area contributed by atoms with Crippen LogP contribution < -0.4 is 11.1 Å². The van der Waals surface area contributed by atoms with Crippen LogP contribution in [0.3, 0.4) is 0 Å². The van der Waals surface area contributed by atoms with Crippen LogP contribution in [-0.4, -0.2) is 11.7 Å². The molecule has 1 aromatic heterocycles. The van der Waals surface area contributed by atoms with E-state index in [4.69, 9.17) is 5.73 Å². The molecule has 0 unspecified atom stereocenters. The van der Waals surface area contributed by atoms with Crippen molar-refractivity contribution in [3.05, 3.63) is 71.1 Å². The van der Waals surface area contributed by atoms with Crippen molar-refractivity contribution in [3.63, 3.8) is 0 Å². The van der Waals surface area contributed by atoms with E-state index in [1.165, 1.54) is 12.8 Å². The number of aryl methyl sites for hydroxylation is 1. The molecule has 2 aromatic carbocycles. The highest BCUT2D eigenvalue weighted by molar-refractivity contribution is 7.13. The third kappa shape index (κ3) is 4.79. The summed E-state index contributed by atoms with van der Waals surface area (Å²) >= 11 is 1.64. The minimum atomic E-state index is -0.196. The van der Waals surface area contributed by atoms with Gasteiger partial charge in [-0.3, -0.25) is 9.59 Å². The molecular formula is C25H26N2O2S. The highest BCUT2D eigenvalue weighted by Crippen LogP contribution is 2.30. The number of nitrogens with one attached hydrogen (secondary N) is 1. The second-order valence-electron chi connectivity index (χ2n) is 7.88. The molecule has 3 N–H and O–H groups in total. The molecule has 0 spiro atoms. The number of rotatable bonds is 7. The smallest absolute Gasteiger partial charge is 0.255 e. The molecule has 0 bridgehead atoms. The number of ketones is 1. The third-order valence-corrected chi connectivity index (χ3v) is 6.71. The van der Waals surface area contributed by atoms with Crippen LogP contribution in [-0.2, 0) is 11.2 Å². The van der Waals surface area contributed by atoms with E-state index in [2.05, 4.69) is 5.32 Å². The number of hydrogen-bond acceptors (Lipinski definition) is 4. The molecule has 0 radical (unpaired) electrons. The van der Waals surface area contributed by atoms with Crippen LogP contribution in [0, 0.1) is 5.92 Å². The number of benzene rings is 2. The van der Waals surface area contributed by atoms with E-state index in [-0.39, 0.29) is 11.8 Å². The second kappa shape index (κ2) is 9.26. The molecular weight excluding hydrogens is 392 g/mol. The van der Waals surface area contributed by atoms with Gasteiger partial charge in [0.15, 0.2) is 0 Å². The lowest BCUT2D eigenvalue weighted by molar-refractivity contribution is -0.122.